The normalized spacial score (nSPS) is 27.2. The second kappa shape index (κ2) is 9.34. The van der Waals surface area contributed by atoms with E-state index in [4.69, 9.17) is 10.5 Å². The lowest BCUT2D eigenvalue weighted by molar-refractivity contribution is -0.128. The van der Waals surface area contributed by atoms with Crippen LogP contribution in [0.25, 0.3) is 0 Å². The van der Waals surface area contributed by atoms with Crippen molar-refractivity contribution < 1.29 is 9.53 Å². The third-order valence-electron chi connectivity index (χ3n) is 7.24. The number of anilines is 1. The molecule has 0 aromatic heterocycles. The quantitative estimate of drug-likeness (QED) is 0.630. The van der Waals surface area contributed by atoms with E-state index in [9.17, 15) is 4.79 Å². The Morgan fingerprint density at radius 2 is 1.94 bits per heavy atom. The zero-order valence-electron chi connectivity index (χ0n) is 20.0. The predicted molar refractivity (Wildman–Crippen MR) is 129 cm³/mol. The van der Waals surface area contributed by atoms with Crippen molar-refractivity contribution in [2.45, 2.75) is 77.1 Å². The Morgan fingerprint density at radius 3 is 2.59 bits per heavy atom. The van der Waals surface area contributed by atoms with Crippen LogP contribution in [0.2, 0.25) is 0 Å². The van der Waals surface area contributed by atoms with Crippen molar-refractivity contribution in [3.05, 3.63) is 36.5 Å². The largest absolute Gasteiger partial charge is 0.491 e. The lowest BCUT2D eigenvalue weighted by Crippen LogP contribution is -2.54. The van der Waals surface area contributed by atoms with Gasteiger partial charge in [0.25, 0.3) is 0 Å². The van der Waals surface area contributed by atoms with E-state index in [2.05, 4.69) is 60.7 Å². The molecule has 3 atom stereocenters. The second-order valence-corrected chi connectivity index (χ2v) is 10.3. The minimum atomic E-state index is -0.451. The van der Waals surface area contributed by atoms with Gasteiger partial charge in [-0.05, 0) is 58.6 Å². The Bertz CT molecular complexity index is 835. The first-order valence-corrected chi connectivity index (χ1v) is 12.3. The van der Waals surface area contributed by atoms with Crippen LogP contribution in [-0.2, 0) is 4.79 Å². The topological polar surface area (TPSA) is 70.8 Å². The number of carbonyl (C=O) groups is 1. The number of nitrogens with two attached hydrogens (primary N) is 1. The lowest BCUT2D eigenvalue weighted by atomic mass is 9.76. The molecule has 1 saturated heterocycles. The Morgan fingerprint density at radius 1 is 1.22 bits per heavy atom. The van der Waals surface area contributed by atoms with Crippen LogP contribution in [0.3, 0.4) is 0 Å². The smallest absolute Gasteiger partial charge is 0.225 e. The highest BCUT2D eigenvalue weighted by atomic mass is 16.5. The first-order chi connectivity index (χ1) is 15.3. The maximum atomic E-state index is 13.0. The number of amides is 1. The fourth-order valence-electron chi connectivity index (χ4n) is 5.30. The van der Waals surface area contributed by atoms with Gasteiger partial charge in [-0.1, -0.05) is 25.5 Å². The van der Waals surface area contributed by atoms with Crippen LogP contribution >= 0.6 is 0 Å². The summed E-state index contributed by atoms with van der Waals surface area (Å²) in [6, 6.07) is 8.72. The number of piperazine rings is 1. The average Bonchev–Trinajstić information content (AvgIpc) is 3.49. The first-order valence-electron chi connectivity index (χ1n) is 12.3. The molecule has 6 nitrogen and oxygen atoms in total. The van der Waals surface area contributed by atoms with Crippen molar-refractivity contribution in [1.29, 1.82) is 0 Å². The molecule has 1 amide bonds. The molecule has 0 spiro atoms. The van der Waals surface area contributed by atoms with Gasteiger partial charge in [-0.25, -0.2) is 0 Å². The van der Waals surface area contributed by atoms with Gasteiger partial charge in [0.1, 0.15) is 5.75 Å². The van der Waals surface area contributed by atoms with E-state index in [0.717, 1.165) is 69.6 Å². The molecule has 3 aliphatic rings. The molecule has 2 saturated carbocycles. The molecule has 6 heteroatoms. The molecule has 1 aromatic rings. The van der Waals surface area contributed by atoms with Crippen LogP contribution < -0.4 is 20.7 Å². The summed E-state index contributed by atoms with van der Waals surface area (Å²) < 4.78 is 5.89. The Labute approximate surface area is 193 Å². The minimum absolute atomic E-state index is 0.00707. The highest BCUT2D eigenvalue weighted by Crippen LogP contribution is 2.39. The number of hydrogen-bond donors (Lipinski definition) is 2. The van der Waals surface area contributed by atoms with Gasteiger partial charge in [0.2, 0.25) is 5.91 Å². The number of hydrogen-bond acceptors (Lipinski definition) is 5. The van der Waals surface area contributed by atoms with E-state index < -0.39 is 5.66 Å². The molecule has 1 aliphatic heterocycles. The van der Waals surface area contributed by atoms with Gasteiger partial charge < -0.3 is 25.6 Å². The molecule has 2 aliphatic carbocycles. The SMILES string of the molecule is C=C([C@@H]1CCCC[C@H]1C(=O)NC1(N)CC1)N1CCN(c2cccc(OC(C)C)c2)C[C@H]1C. The molecular formula is C26H40N4O2. The third-order valence-corrected chi connectivity index (χ3v) is 7.24. The summed E-state index contributed by atoms with van der Waals surface area (Å²) in [4.78, 5) is 17.9. The van der Waals surface area contributed by atoms with Gasteiger partial charge in [-0.15, -0.1) is 0 Å². The molecule has 0 radical (unpaired) electrons. The molecule has 1 aromatic carbocycles. The molecule has 32 heavy (non-hydrogen) atoms. The van der Waals surface area contributed by atoms with Crippen molar-refractivity contribution >= 4 is 11.6 Å². The van der Waals surface area contributed by atoms with E-state index >= 15 is 0 Å². The fraction of sp³-hybridized carbons (Fsp3) is 0.654. The fourth-order valence-corrected chi connectivity index (χ4v) is 5.30. The van der Waals surface area contributed by atoms with Crippen LogP contribution in [0.4, 0.5) is 5.69 Å². The highest BCUT2D eigenvalue weighted by molar-refractivity contribution is 5.80. The van der Waals surface area contributed by atoms with E-state index in [0.29, 0.717) is 6.04 Å². The van der Waals surface area contributed by atoms with Crippen molar-refractivity contribution in [2.24, 2.45) is 17.6 Å². The zero-order valence-corrected chi connectivity index (χ0v) is 20.0. The summed E-state index contributed by atoms with van der Waals surface area (Å²) in [5, 5.41) is 3.11. The summed E-state index contributed by atoms with van der Waals surface area (Å²) in [6.45, 7) is 13.7. The lowest BCUT2D eigenvalue weighted by Gasteiger charge is -2.46. The van der Waals surface area contributed by atoms with Crippen LogP contribution in [0.15, 0.2) is 36.5 Å². The van der Waals surface area contributed by atoms with Gasteiger partial charge in [0.05, 0.1) is 11.8 Å². The van der Waals surface area contributed by atoms with E-state index in [1.54, 1.807) is 0 Å². The number of ether oxygens (including phenoxy) is 1. The van der Waals surface area contributed by atoms with E-state index in [1.807, 2.05) is 6.07 Å². The van der Waals surface area contributed by atoms with Crippen molar-refractivity contribution in [3.8, 4) is 5.75 Å². The molecule has 0 bridgehead atoms. The van der Waals surface area contributed by atoms with Gasteiger partial charge in [0, 0.05) is 55.0 Å². The summed E-state index contributed by atoms with van der Waals surface area (Å²) in [7, 11) is 0. The zero-order chi connectivity index (χ0) is 22.9. The molecule has 3 N–H and O–H groups in total. The van der Waals surface area contributed by atoms with Crippen LogP contribution in [0, 0.1) is 11.8 Å². The van der Waals surface area contributed by atoms with Crippen molar-refractivity contribution in [1.82, 2.24) is 10.2 Å². The third kappa shape index (κ3) is 5.22. The summed E-state index contributed by atoms with van der Waals surface area (Å²) in [5.41, 5.74) is 8.05. The number of allylic oxidation sites excluding steroid dienone is 1. The van der Waals surface area contributed by atoms with Crippen molar-refractivity contribution in [3.63, 3.8) is 0 Å². The van der Waals surface area contributed by atoms with Gasteiger partial charge >= 0.3 is 0 Å². The monoisotopic (exact) mass is 440 g/mol. The first kappa shape index (κ1) is 23.0. The number of benzene rings is 1. The number of rotatable bonds is 7. The standard InChI is InChI=1S/C26H40N4O2/c1-18(2)32-22-9-7-8-21(16-22)29-14-15-30(19(3)17-29)20(4)23-10-5-6-11-24(23)25(31)28-26(27)12-13-26/h7-9,16,18-19,23-24H,4-6,10-15,17,27H2,1-3H3,(H,28,31)/t19-,23+,24-/m1/s1. The van der Waals surface area contributed by atoms with Crippen LogP contribution in [0.5, 0.6) is 5.75 Å². The van der Waals surface area contributed by atoms with Gasteiger partial charge in [0.15, 0.2) is 0 Å². The van der Waals surface area contributed by atoms with Crippen molar-refractivity contribution in [2.75, 3.05) is 24.5 Å². The van der Waals surface area contributed by atoms with Crippen LogP contribution in [0.1, 0.15) is 59.3 Å². The van der Waals surface area contributed by atoms with E-state index in [-0.39, 0.29) is 23.8 Å². The Balaban J connectivity index is 1.40. The maximum absolute atomic E-state index is 13.0. The van der Waals surface area contributed by atoms with Gasteiger partial charge in [-0.3, -0.25) is 4.79 Å². The van der Waals surface area contributed by atoms with Crippen LogP contribution in [-0.4, -0.2) is 48.3 Å². The summed E-state index contributed by atoms with van der Waals surface area (Å²) in [5.74, 6) is 1.25. The predicted octanol–water partition coefficient (Wildman–Crippen LogP) is 3.87. The molecule has 3 fully saturated rings. The molecule has 4 rings (SSSR count). The maximum Gasteiger partial charge on any atom is 0.225 e. The number of carbonyl (C=O) groups excluding carboxylic acids is 1. The molecule has 1 heterocycles. The minimum Gasteiger partial charge on any atom is -0.491 e. The summed E-state index contributed by atoms with van der Waals surface area (Å²) in [6.07, 6.45) is 6.19. The molecule has 0 unspecified atom stereocenters. The molecule has 176 valence electrons. The Kier molecular flexibility index (Phi) is 6.70. The van der Waals surface area contributed by atoms with E-state index in [1.165, 1.54) is 5.69 Å². The average molecular weight is 441 g/mol. The van der Waals surface area contributed by atoms with Gasteiger partial charge in [-0.2, -0.15) is 0 Å². The number of nitrogens with one attached hydrogen (secondary N) is 1. The Hall–Kier alpha value is -2.21. The number of nitrogens with zero attached hydrogens (tertiary/aromatic N) is 2. The highest BCUT2D eigenvalue weighted by Gasteiger charge is 2.43. The molecular weight excluding hydrogens is 400 g/mol. The summed E-state index contributed by atoms with van der Waals surface area (Å²) >= 11 is 0. The second-order valence-electron chi connectivity index (χ2n) is 10.3.